The van der Waals surface area contributed by atoms with Crippen molar-refractivity contribution in [3.05, 3.63) is 124 Å². The SMILES string of the molecule is CC[C@H](C)[C@H](NC(=O)C(C)NC)C(=O)N1Cc2ccc(NC(=O)CNC(=O)C3(C)CN(C(=O)CN4C[C@@H](C)NC[C@@H]4CN4CCOCC4C)c4cc(Cc5ccc(F)cc5)ccc43)cc2C1C(=O)Nc1c(F)cccc1F. The number of halogens is 3. The van der Waals surface area contributed by atoms with Gasteiger partial charge in [-0.1, -0.05) is 56.7 Å². The van der Waals surface area contributed by atoms with Gasteiger partial charge in [-0.15, -0.1) is 0 Å². The minimum absolute atomic E-state index is 0.00219. The molecule has 4 aliphatic rings. The fraction of sp³-hybridized carbons (Fsp3) is 0.474. The zero-order chi connectivity index (χ0) is 55.3. The molecule has 412 valence electrons. The fourth-order valence-corrected chi connectivity index (χ4v) is 10.7. The van der Waals surface area contributed by atoms with Gasteiger partial charge in [0.15, 0.2) is 0 Å². The first kappa shape index (κ1) is 56.5. The summed E-state index contributed by atoms with van der Waals surface area (Å²) < 4.78 is 49.5. The third-order valence-electron chi connectivity index (χ3n) is 15.7. The zero-order valence-electron chi connectivity index (χ0n) is 44.8. The van der Waals surface area contributed by atoms with Crippen molar-refractivity contribution in [1.29, 1.82) is 0 Å². The number of fused-ring (bicyclic) bond motifs is 2. The molecule has 2 saturated heterocycles. The second kappa shape index (κ2) is 24.3. The van der Waals surface area contributed by atoms with E-state index in [1.807, 2.05) is 25.1 Å². The summed E-state index contributed by atoms with van der Waals surface area (Å²) in [6.07, 6.45) is 0.941. The van der Waals surface area contributed by atoms with Crippen LogP contribution in [0.3, 0.4) is 0 Å². The van der Waals surface area contributed by atoms with Crippen LogP contribution in [-0.4, -0.2) is 146 Å². The lowest BCUT2D eigenvalue weighted by Crippen LogP contribution is -2.62. The van der Waals surface area contributed by atoms with Gasteiger partial charge in [0.25, 0.3) is 5.91 Å². The molecule has 8 atom stereocenters. The van der Waals surface area contributed by atoms with Gasteiger partial charge in [-0.3, -0.25) is 38.6 Å². The van der Waals surface area contributed by atoms with Crippen LogP contribution in [0.5, 0.6) is 0 Å². The molecule has 0 aromatic heterocycles. The van der Waals surface area contributed by atoms with Gasteiger partial charge in [-0.05, 0) is 117 Å². The quantitative estimate of drug-likeness (QED) is 0.0816. The lowest BCUT2D eigenvalue weighted by Gasteiger charge is -2.43. The zero-order valence-corrected chi connectivity index (χ0v) is 44.8. The van der Waals surface area contributed by atoms with Gasteiger partial charge >= 0.3 is 0 Å². The topological polar surface area (TPSA) is 197 Å². The van der Waals surface area contributed by atoms with Crippen molar-refractivity contribution in [2.45, 2.75) is 103 Å². The second-order valence-corrected chi connectivity index (χ2v) is 21.3. The first-order chi connectivity index (χ1) is 36.8. The maximum atomic E-state index is 15.0. The number of morpholine rings is 1. The Kier molecular flexibility index (Phi) is 17.8. The Balaban J connectivity index is 1.01. The van der Waals surface area contributed by atoms with Crippen LogP contribution in [0.25, 0.3) is 0 Å². The van der Waals surface area contributed by atoms with E-state index in [4.69, 9.17) is 4.74 Å². The van der Waals surface area contributed by atoms with Gasteiger partial charge in [-0.2, -0.15) is 0 Å². The number of carbonyl (C=O) groups is 6. The Morgan fingerprint density at radius 3 is 2.32 bits per heavy atom. The average Bonchev–Trinajstić information content (AvgIpc) is 4.08. The highest BCUT2D eigenvalue weighted by atomic mass is 19.1. The van der Waals surface area contributed by atoms with E-state index in [9.17, 15) is 41.9 Å². The van der Waals surface area contributed by atoms with Crippen molar-refractivity contribution in [1.82, 2.24) is 36.0 Å². The van der Waals surface area contributed by atoms with E-state index in [-0.39, 0.29) is 66.7 Å². The number of para-hydroxylation sites is 1. The highest BCUT2D eigenvalue weighted by Crippen LogP contribution is 2.43. The maximum absolute atomic E-state index is 15.0. The monoisotopic (exact) mass is 1060 g/mol. The molecule has 20 heteroatoms. The molecule has 4 aliphatic heterocycles. The summed E-state index contributed by atoms with van der Waals surface area (Å²) in [5, 5.41) is 17.2. The number of ether oxygens (including phenoxy) is 1. The summed E-state index contributed by atoms with van der Waals surface area (Å²) in [7, 11) is 1.60. The molecule has 6 N–H and O–H groups in total. The molecule has 0 bridgehead atoms. The number of anilines is 3. The van der Waals surface area contributed by atoms with Crippen LogP contribution < -0.4 is 36.8 Å². The van der Waals surface area contributed by atoms with E-state index in [1.54, 1.807) is 57.0 Å². The normalized spacial score (nSPS) is 22.6. The van der Waals surface area contributed by atoms with Gasteiger partial charge in [0.05, 0.1) is 37.8 Å². The molecule has 4 aromatic rings. The third kappa shape index (κ3) is 12.7. The summed E-state index contributed by atoms with van der Waals surface area (Å²) in [6, 6.07) is 16.9. The smallest absolute Gasteiger partial charge is 0.252 e. The number of nitrogens with one attached hydrogen (secondary N) is 6. The van der Waals surface area contributed by atoms with Crippen molar-refractivity contribution in [3.8, 4) is 0 Å². The van der Waals surface area contributed by atoms with Crippen LogP contribution in [0.4, 0.5) is 30.2 Å². The van der Waals surface area contributed by atoms with E-state index < -0.39 is 76.9 Å². The summed E-state index contributed by atoms with van der Waals surface area (Å²) in [5.74, 6) is -6.07. The van der Waals surface area contributed by atoms with E-state index in [0.717, 1.165) is 42.4 Å². The molecule has 0 aliphatic carbocycles. The average molecular weight is 1070 g/mol. The van der Waals surface area contributed by atoms with Crippen LogP contribution in [0.2, 0.25) is 0 Å². The van der Waals surface area contributed by atoms with E-state index in [2.05, 4.69) is 55.5 Å². The second-order valence-electron chi connectivity index (χ2n) is 21.3. The number of likely N-dealkylation sites (N-methyl/N-ethyl adjacent to an activating group) is 1. The number of hydrogen-bond acceptors (Lipinski definition) is 11. The van der Waals surface area contributed by atoms with Crippen molar-refractivity contribution >= 4 is 52.5 Å². The third-order valence-corrected chi connectivity index (χ3v) is 15.7. The van der Waals surface area contributed by atoms with Crippen molar-refractivity contribution in [2.24, 2.45) is 5.92 Å². The molecule has 0 saturated carbocycles. The molecule has 8 rings (SSSR count). The number of benzene rings is 4. The van der Waals surface area contributed by atoms with Gasteiger partial charge in [0.2, 0.25) is 29.5 Å². The Labute approximate surface area is 448 Å². The van der Waals surface area contributed by atoms with E-state index >= 15 is 0 Å². The van der Waals surface area contributed by atoms with Crippen LogP contribution in [0, 0.1) is 23.4 Å². The Morgan fingerprint density at radius 2 is 1.62 bits per heavy atom. The molecular formula is C57H71F3N10O7. The highest BCUT2D eigenvalue weighted by Gasteiger charge is 2.48. The summed E-state index contributed by atoms with van der Waals surface area (Å²) in [5.41, 5.74) is 1.88. The number of amides is 6. The fourth-order valence-electron chi connectivity index (χ4n) is 10.7. The van der Waals surface area contributed by atoms with E-state index in [0.29, 0.717) is 56.0 Å². The molecule has 17 nitrogen and oxygen atoms in total. The van der Waals surface area contributed by atoms with Crippen molar-refractivity contribution < 1.29 is 46.7 Å². The molecule has 4 aromatic carbocycles. The molecule has 4 heterocycles. The number of rotatable bonds is 18. The van der Waals surface area contributed by atoms with Gasteiger partial charge in [-0.25, -0.2) is 13.2 Å². The summed E-state index contributed by atoms with van der Waals surface area (Å²) in [6.45, 7) is 15.0. The molecule has 0 radical (unpaired) electrons. The van der Waals surface area contributed by atoms with Gasteiger partial charge < -0.3 is 46.4 Å². The van der Waals surface area contributed by atoms with Crippen LogP contribution in [0.1, 0.15) is 81.8 Å². The number of piperazine rings is 1. The molecule has 0 spiro atoms. The van der Waals surface area contributed by atoms with Crippen LogP contribution >= 0.6 is 0 Å². The molecule has 6 amide bonds. The maximum Gasteiger partial charge on any atom is 0.252 e. The molecule has 2 fully saturated rings. The number of nitrogens with zero attached hydrogens (tertiary/aromatic N) is 4. The molecule has 77 heavy (non-hydrogen) atoms. The first-order valence-electron chi connectivity index (χ1n) is 26.5. The number of carbonyl (C=O) groups excluding carboxylic acids is 6. The number of hydrogen-bond donors (Lipinski definition) is 6. The van der Waals surface area contributed by atoms with E-state index in [1.165, 1.54) is 23.1 Å². The Bertz CT molecular complexity index is 2840. The van der Waals surface area contributed by atoms with Crippen LogP contribution in [-0.2, 0) is 51.9 Å². The lowest BCUT2D eigenvalue weighted by molar-refractivity contribution is -0.143. The Morgan fingerprint density at radius 1 is 0.896 bits per heavy atom. The van der Waals surface area contributed by atoms with Crippen molar-refractivity contribution in [3.63, 3.8) is 0 Å². The first-order valence-corrected chi connectivity index (χ1v) is 26.5. The minimum atomic E-state index is -1.45. The highest BCUT2D eigenvalue weighted by molar-refractivity contribution is 6.05. The molecule has 4 unspecified atom stereocenters. The lowest BCUT2D eigenvalue weighted by atomic mass is 9.83. The van der Waals surface area contributed by atoms with Gasteiger partial charge in [0, 0.05) is 68.8 Å². The summed E-state index contributed by atoms with van der Waals surface area (Å²) >= 11 is 0. The minimum Gasteiger partial charge on any atom is -0.379 e. The van der Waals surface area contributed by atoms with Crippen molar-refractivity contribution in [2.75, 3.05) is 81.6 Å². The van der Waals surface area contributed by atoms with Crippen LogP contribution in [0.15, 0.2) is 78.9 Å². The molecular weight excluding hydrogens is 994 g/mol. The predicted octanol–water partition coefficient (Wildman–Crippen LogP) is 4.60. The Hall–Kier alpha value is -6.71. The van der Waals surface area contributed by atoms with Gasteiger partial charge in [0.1, 0.15) is 35.2 Å². The predicted molar refractivity (Wildman–Crippen MR) is 286 cm³/mol. The standard InChI is InChI=1S/C57H71F3N10O7/c1-8-33(2)50(65-53(73)36(5)61-7)55(75)69-28-39-15-18-41(24-43(39)52(69)54(74)66-51-45(59)10-9-11-46(51)60)64-48(71)26-63-56(76)57(6)32-70(47-23-38(14-19-44(47)57)22-37-12-16-40(58)17-13-37)49(72)30-68-27-34(3)62-25-42(68)29-67-20-21-77-31-35(67)4/h9-19,23-24,33-36,42,50,52,61-62H,8,20-22,25-32H2,1-7H3,(H,63,76)(H,64,71)(H,65,73)(H,66,74)/t33-,34+,35?,36?,42+,50-,52?,57?/m0/s1. The summed E-state index contributed by atoms with van der Waals surface area (Å²) in [4.78, 5) is 92.6. The largest absolute Gasteiger partial charge is 0.379 e.